The van der Waals surface area contributed by atoms with Crippen LogP contribution >= 0.6 is 0 Å². The first-order valence-corrected chi connectivity index (χ1v) is 8.09. The molecule has 0 bridgehead atoms. The van der Waals surface area contributed by atoms with Crippen molar-refractivity contribution in [3.63, 3.8) is 0 Å². The Morgan fingerprint density at radius 2 is 1.88 bits per heavy atom. The third-order valence-corrected chi connectivity index (χ3v) is 3.77. The van der Waals surface area contributed by atoms with Crippen LogP contribution in [0.15, 0.2) is 29.5 Å². The number of rotatable bonds is 2. The maximum Gasteiger partial charge on any atom is 0.410 e. The van der Waals surface area contributed by atoms with Crippen molar-refractivity contribution in [1.82, 2.24) is 4.90 Å². The molecule has 26 heavy (non-hydrogen) atoms. The molecule has 0 fully saturated rings. The lowest BCUT2D eigenvalue weighted by Gasteiger charge is -2.32. The van der Waals surface area contributed by atoms with Gasteiger partial charge in [-0.2, -0.15) is 15.8 Å². The second-order valence-corrected chi connectivity index (χ2v) is 6.81. The molecule has 1 heterocycles. The van der Waals surface area contributed by atoms with Crippen molar-refractivity contribution < 1.29 is 9.53 Å². The van der Waals surface area contributed by atoms with E-state index in [9.17, 15) is 10.1 Å². The van der Waals surface area contributed by atoms with Crippen LogP contribution in [0.1, 0.15) is 31.9 Å². The second kappa shape index (κ2) is 7.59. The van der Waals surface area contributed by atoms with Crippen LogP contribution in [0.25, 0.3) is 0 Å². The summed E-state index contributed by atoms with van der Waals surface area (Å²) in [7, 11) is 0. The molecular weight excluding hydrogens is 330 g/mol. The first-order chi connectivity index (χ1) is 12.3. The monoisotopic (exact) mass is 349 g/mol. The Morgan fingerprint density at radius 3 is 2.46 bits per heavy atom. The fourth-order valence-electron chi connectivity index (χ4n) is 2.60. The first-order valence-electron chi connectivity index (χ1n) is 8.09. The Morgan fingerprint density at radius 1 is 1.19 bits per heavy atom. The SMILES string of the molecule is CC(C)(C)OC(=O)N1CCc2cccc(NC(C#N)=C(C#N)C#N)c2C1. The Balaban J connectivity index is 2.32. The van der Waals surface area contributed by atoms with Crippen LogP contribution in [0.2, 0.25) is 0 Å². The van der Waals surface area contributed by atoms with Crippen LogP contribution in [-0.4, -0.2) is 23.1 Å². The van der Waals surface area contributed by atoms with E-state index >= 15 is 0 Å². The summed E-state index contributed by atoms with van der Waals surface area (Å²) in [5.41, 5.74) is 1.49. The van der Waals surface area contributed by atoms with Crippen LogP contribution in [0.4, 0.5) is 10.5 Å². The molecule has 1 aromatic carbocycles. The number of carbonyl (C=O) groups is 1. The van der Waals surface area contributed by atoms with Gasteiger partial charge in [-0.3, -0.25) is 0 Å². The number of amides is 1. The number of benzene rings is 1. The van der Waals surface area contributed by atoms with E-state index in [1.165, 1.54) is 0 Å². The average molecular weight is 349 g/mol. The number of ether oxygens (including phenoxy) is 1. The zero-order valence-corrected chi connectivity index (χ0v) is 15.0. The number of nitrogens with zero attached hydrogens (tertiary/aromatic N) is 4. The number of hydrogen-bond acceptors (Lipinski definition) is 6. The summed E-state index contributed by atoms with van der Waals surface area (Å²) in [6.07, 6.45) is 0.253. The van der Waals surface area contributed by atoms with Crippen molar-refractivity contribution in [2.45, 2.75) is 39.3 Å². The molecule has 0 saturated carbocycles. The molecule has 1 aliphatic rings. The Hall–Kier alpha value is -3.50. The fourth-order valence-corrected chi connectivity index (χ4v) is 2.60. The second-order valence-electron chi connectivity index (χ2n) is 6.81. The summed E-state index contributed by atoms with van der Waals surface area (Å²) < 4.78 is 5.43. The molecule has 1 aromatic rings. The van der Waals surface area contributed by atoms with Crippen LogP contribution in [-0.2, 0) is 17.7 Å². The largest absolute Gasteiger partial charge is 0.444 e. The Bertz CT molecular complexity index is 859. The van der Waals surface area contributed by atoms with Crippen molar-refractivity contribution in [3.8, 4) is 18.2 Å². The molecular formula is C19H19N5O2. The van der Waals surface area contributed by atoms with Crippen molar-refractivity contribution >= 4 is 11.8 Å². The predicted octanol–water partition coefficient (Wildman–Crippen LogP) is 3.22. The summed E-state index contributed by atoms with van der Waals surface area (Å²) >= 11 is 0. The van der Waals surface area contributed by atoms with E-state index in [1.807, 2.05) is 39.0 Å². The van der Waals surface area contributed by atoms with E-state index in [2.05, 4.69) is 5.32 Å². The van der Waals surface area contributed by atoms with E-state index in [4.69, 9.17) is 15.3 Å². The molecule has 0 unspecified atom stereocenters. The molecule has 132 valence electrons. The molecule has 0 aromatic heterocycles. The third kappa shape index (κ3) is 4.32. The molecule has 7 heteroatoms. The molecule has 0 spiro atoms. The minimum absolute atomic E-state index is 0.113. The van der Waals surface area contributed by atoms with Crippen molar-refractivity contribution in [2.24, 2.45) is 0 Å². The van der Waals surface area contributed by atoms with E-state index in [0.717, 1.165) is 11.1 Å². The number of nitriles is 3. The quantitative estimate of drug-likeness (QED) is 0.820. The minimum atomic E-state index is -0.583. The Labute approximate surface area is 152 Å². The van der Waals surface area contributed by atoms with Gasteiger partial charge in [-0.05, 0) is 44.4 Å². The normalized spacial score (nSPS) is 12.7. The van der Waals surface area contributed by atoms with Crippen LogP contribution in [0.5, 0.6) is 0 Å². The highest BCUT2D eigenvalue weighted by Gasteiger charge is 2.27. The number of carbonyl (C=O) groups excluding carboxylic acids is 1. The van der Waals surface area contributed by atoms with Gasteiger partial charge in [0, 0.05) is 12.2 Å². The third-order valence-electron chi connectivity index (χ3n) is 3.77. The molecule has 0 radical (unpaired) electrons. The number of anilines is 1. The van der Waals surface area contributed by atoms with E-state index in [1.54, 1.807) is 23.1 Å². The van der Waals surface area contributed by atoms with Gasteiger partial charge < -0.3 is 15.0 Å². The zero-order valence-electron chi connectivity index (χ0n) is 15.0. The summed E-state index contributed by atoms with van der Waals surface area (Å²) in [5.74, 6) is 0. The molecule has 7 nitrogen and oxygen atoms in total. The molecule has 0 atom stereocenters. The molecule has 0 saturated heterocycles. The lowest BCUT2D eigenvalue weighted by atomic mass is 9.98. The minimum Gasteiger partial charge on any atom is -0.444 e. The van der Waals surface area contributed by atoms with Gasteiger partial charge in [-0.25, -0.2) is 4.79 Å². The van der Waals surface area contributed by atoms with Gasteiger partial charge in [0.25, 0.3) is 0 Å². The molecule has 2 rings (SSSR count). The standard InChI is InChI=1S/C19H19N5O2/c1-19(2,3)26-18(25)24-8-7-13-5-4-6-16(15(13)12-24)23-17(11-22)14(9-20)10-21/h4-6,23H,7-8,12H2,1-3H3. The first kappa shape index (κ1) is 18.8. The van der Waals surface area contributed by atoms with Crippen molar-refractivity contribution in [3.05, 3.63) is 40.6 Å². The van der Waals surface area contributed by atoms with E-state index in [0.29, 0.717) is 25.2 Å². The zero-order chi connectivity index (χ0) is 19.3. The molecule has 0 aliphatic carbocycles. The molecule has 1 N–H and O–H groups in total. The summed E-state index contributed by atoms with van der Waals surface area (Å²) in [6.45, 7) is 6.29. The van der Waals surface area contributed by atoms with E-state index in [-0.39, 0.29) is 11.3 Å². The summed E-state index contributed by atoms with van der Waals surface area (Å²) in [6, 6.07) is 10.8. The van der Waals surface area contributed by atoms with Gasteiger partial charge in [-0.1, -0.05) is 12.1 Å². The predicted molar refractivity (Wildman–Crippen MR) is 94.3 cm³/mol. The highest BCUT2D eigenvalue weighted by atomic mass is 16.6. The van der Waals surface area contributed by atoms with Crippen LogP contribution in [0.3, 0.4) is 0 Å². The lowest BCUT2D eigenvalue weighted by Crippen LogP contribution is -2.40. The maximum absolute atomic E-state index is 12.3. The number of fused-ring (bicyclic) bond motifs is 1. The van der Waals surface area contributed by atoms with Crippen LogP contribution < -0.4 is 5.32 Å². The smallest absolute Gasteiger partial charge is 0.410 e. The molecule has 1 aliphatic heterocycles. The highest BCUT2D eigenvalue weighted by molar-refractivity contribution is 5.70. The van der Waals surface area contributed by atoms with E-state index < -0.39 is 11.7 Å². The summed E-state index contributed by atoms with van der Waals surface area (Å²) in [4.78, 5) is 14.0. The Kier molecular flexibility index (Phi) is 5.50. The topological polar surface area (TPSA) is 113 Å². The van der Waals surface area contributed by atoms with Gasteiger partial charge >= 0.3 is 6.09 Å². The van der Waals surface area contributed by atoms with Crippen molar-refractivity contribution in [2.75, 3.05) is 11.9 Å². The van der Waals surface area contributed by atoms with Gasteiger partial charge in [0.2, 0.25) is 0 Å². The van der Waals surface area contributed by atoms with Gasteiger partial charge in [-0.15, -0.1) is 0 Å². The van der Waals surface area contributed by atoms with Gasteiger partial charge in [0.1, 0.15) is 29.5 Å². The fraction of sp³-hybridized carbons (Fsp3) is 0.368. The number of allylic oxidation sites excluding steroid dienone is 2. The van der Waals surface area contributed by atoms with Gasteiger partial charge in [0.15, 0.2) is 5.57 Å². The average Bonchev–Trinajstić information content (AvgIpc) is 2.60. The summed E-state index contributed by atoms with van der Waals surface area (Å²) in [5, 5.41) is 30.0. The number of nitrogens with one attached hydrogen (secondary N) is 1. The van der Waals surface area contributed by atoms with Gasteiger partial charge in [0.05, 0.1) is 6.54 Å². The van der Waals surface area contributed by atoms with Crippen molar-refractivity contribution in [1.29, 1.82) is 15.8 Å². The highest BCUT2D eigenvalue weighted by Crippen LogP contribution is 2.28. The maximum atomic E-state index is 12.3. The molecule has 1 amide bonds. The lowest BCUT2D eigenvalue weighted by molar-refractivity contribution is 0.0224. The number of hydrogen-bond donors (Lipinski definition) is 1. The van der Waals surface area contributed by atoms with Crippen LogP contribution in [0, 0.1) is 34.0 Å².